The lowest BCUT2D eigenvalue weighted by Gasteiger charge is -2.48. The van der Waals surface area contributed by atoms with Crippen LogP contribution in [0.4, 0.5) is 0 Å². The summed E-state index contributed by atoms with van der Waals surface area (Å²) in [6, 6.07) is 2.03. The summed E-state index contributed by atoms with van der Waals surface area (Å²) in [5.41, 5.74) is 1.50. The Balaban J connectivity index is 1.62. The number of aryl methyl sites for hydroxylation is 1. The van der Waals surface area contributed by atoms with Gasteiger partial charge in [0.15, 0.2) is 0 Å². The van der Waals surface area contributed by atoms with Crippen molar-refractivity contribution in [3.8, 4) is 0 Å². The lowest BCUT2D eigenvalue weighted by Crippen LogP contribution is -2.53. The zero-order valence-electron chi connectivity index (χ0n) is 15.1. The Morgan fingerprint density at radius 3 is 2.79 bits per heavy atom. The first-order valence-corrected chi connectivity index (χ1v) is 10.1. The first-order chi connectivity index (χ1) is 11.6. The van der Waals surface area contributed by atoms with Crippen LogP contribution in [-0.2, 0) is 4.74 Å². The van der Waals surface area contributed by atoms with Crippen LogP contribution >= 0.6 is 11.3 Å². The van der Waals surface area contributed by atoms with E-state index in [-0.39, 0.29) is 5.91 Å². The molecule has 1 spiro atoms. The Labute approximate surface area is 149 Å². The maximum atomic E-state index is 12.8. The molecule has 1 aromatic rings. The topological polar surface area (TPSA) is 32.8 Å². The highest BCUT2D eigenvalue weighted by molar-refractivity contribution is 7.12. The predicted octanol–water partition coefficient (Wildman–Crippen LogP) is 3.41. The van der Waals surface area contributed by atoms with Crippen LogP contribution < -0.4 is 0 Å². The van der Waals surface area contributed by atoms with Crippen LogP contribution in [0.1, 0.15) is 47.3 Å². The van der Waals surface area contributed by atoms with Gasteiger partial charge in [-0.1, -0.05) is 0 Å². The van der Waals surface area contributed by atoms with Gasteiger partial charge in [0.2, 0.25) is 0 Å². The van der Waals surface area contributed by atoms with E-state index in [0.29, 0.717) is 5.41 Å². The molecule has 3 heterocycles. The molecule has 1 atom stereocenters. The van der Waals surface area contributed by atoms with E-state index in [4.69, 9.17) is 4.74 Å². The van der Waals surface area contributed by atoms with E-state index < -0.39 is 0 Å². The first kappa shape index (κ1) is 17.9. The van der Waals surface area contributed by atoms with E-state index in [1.165, 1.54) is 31.4 Å². The van der Waals surface area contributed by atoms with Gasteiger partial charge in [0, 0.05) is 45.3 Å². The number of rotatable bonds is 5. The third kappa shape index (κ3) is 4.19. The van der Waals surface area contributed by atoms with Gasteiger partial charge in [-0.2, -0.15) is 0 Å². The molecule has 0 N–H and O–H groups in total. The predicted molar refractivity (Wildman–Crippen MR) is 98.8 cm³/mol. The minimum atomic E-state index is 0.240. The number of amides is 1. The number of nitrogens with zero attached hydrogens (tertiary/aromatic N) is 2. The summed E-state index contributed by atoms with van der Waals surface area (Å²) in [5.74, 6) is 0.240. The molecule has 24 heavy (non-hydrogen) atoms. The number of thiophene rings is 1. The molecule has 2 aliphatic rings. The molecule has 0 aliphatic carbocycles. The van der Waals surface area contributed by atoms with E-state index in [0.717, 1.165) is 50.5 Å². The molecule has 1 unspecified atom stereocenters. The van der Waals surface area contributed by atoms with Gasteiger partial charge >= 0.3 is 0 Å². The third-order valence-electron chi connectivity index (χ3n) is 5.45. The second-order valence-corrected chi connectivity index (χ2v) is 8.46. The van der Waals surface area contributed by atoms with Crippen molar-refractivity contribution in [3.63, 3.8) is 0 Å². The highest BCUT2D eigenvalue weighted by atomic mass is 32.1. The molecular formula is C19H30N2O2S. The number of carbonyl (C=O) groups excluding carboxylic acids is 1. The number of ether oxygens (including phenoxy) is 1. The van der Waals surface area contributed by atoms with Crippen LogP contribution in [0.3, 0.4) is 0 Å². The molecule has 0 aromatic carbocycles. The summed E-state index contributed by atoms with van der Waals surface area (Å²) in [5, 5.41) is 2.07. The number of piperidine rings is 2. The normalized spacial score (nSPS) is 25.3. The summed E-state index contributed by atoms with van der Waals surface area (Å²) in [6.45, 7) is 8.21. The van der Waals surface area contributed by atoms with Crippen molar-refractivity contribution in [2.45, 2.75) is 39.0 Å². The molecular weight excluding hydrogens is 320 g/mol. The summed E-state index contributed by atoms with van der Waals surface area (Å²) in [6.07, 6.45) is 6.03. The van der Waals surface area contributed by atoms with Crippen LogP contribution in [-0.4, -0.2) is 62.1 Å². The van der Waals surface area contributed by atoms with Gasteiger partial charge in [0.05, 0.1) is 4.88 Å². The molecule has 3 rings (SSSR count). The van der Waals surface area contributed by atoms with Crippen LogP contribution in [0.5, 0.6) is 0 Å². The van der Waals surface area contributed by atoms with Gasteiger partial charge in [0.25, 0.3) is 5.91 Å². The molecule has 2 aliphatic heterocycles. The van der Waals surface area contributed by atoms with Gasteiger partial charge in [-0.25, -0.2) is 0 Å². The Morgan fingerprint density at radius 2 is 2.08 bits per heavy atom. The number of hydrogen-bond donors (Lipinski definition) is 0. The fourth-order valence-electron chi connectivity index (χ4n) is 4.35. The van der Waals surface area contributed by atoms with Crippen molar-refractivity contribution in [1.29, 1.82) is 0 Å². The molecule has 2 fully saturated rings. The van der Waals surface area contributed by atoms with Gasteiger partial charge in [-0.05, 0) is 62.6 Å². The van der Waals surface area contributed by atoms with E-state index in [1.807, 2.05) is 6.07 Å². The molecule has 0 bridgehead atoms. The minimum absolute atomic E-state index is 0.240. The van der Waals surface area contributed by atoms with Gasteiger partial charge < -0.3 is 14.5 Å². The first-order valence-electron chi connectivity index (χ1n) is 9.18. The quantitative estimate of drug-likeness (QED) is 0.763. The second kappa shape index (κ2) is 7.98. The summed E-state index contributed by atoms with van der Waals surface area (Å²) >= 11 is 1.59. The fourth-order valence-corrected chi connectivity index (χ4v) is 5.21. The van der Waals surface area contributed by atoms with Gasteiger partial charge in [-0.15, -0.1) is 11.3 Å². The largest absolute Gasteiger partial charge is 0.385 e. The van der Waals surface area contributed by atoms with E-state index in [1.54, 1.807) is 18.4 Å². The van der Waals surface area contributed by atoms with Crippen LogP contribution in [0.2, 0.25) is 0 Å². The second-order valence-electron chi connectivity index (χ2n) is 7.54. The van der Waals surface area contributed by atoms with Crippen molar-refractivity contribution >= 4 is 17.2 Å². The van der Waals surface area contributed by atoms with Crippen LogP contribution in [0.25, 0.3) is 0 Å². The minimum Gasteiger partial charge on any atom is -0.385 e. The summed E-state index contributed by atoms with van der Waals surface area (Å²) in [7, 11) is 1.77. The smallest absolute Gasteiger partial charge is 0.263 e. The average molecular weight is 351 g/mol. The monoisotopic (exact) mass is 350 g/mol. The fraction of sp³-hybridized carbons (Fsp3) is 0.737. The van der Waals surface area contributed by atoms with Crippen molar-refractivity contribution in [2.75, 3.05) is 46.4 Å². The molecule has 0 saturated carbocycles. The lowest BCUT2D eigenvalue weighted by molar-refractivity contribution is 0.0120. The SMILES string of the molecule is COCCCN1CCCC2(CCCN(C(=O)c3cc(C)cs3)C2)C1. The maximum Gasteiger partial charge on any atom is 0.263 e. The number of likely N-dealkylation sites (tertiary alicyclic amines) is 2. The van der Waals surface area contributed by atoms with E-state index in [2.05, 4.69) is 22.1 Å². The van der Waals surface area contributed by atoms with E-state index >= 15 is 0 Å². The third-order valence-corrected chi connectivity index (χ3v) is 6.49. The van der Waals surface area contributed by atoms with E-state index in [9.17, 15) is 4.79 Å². The molecule has 4 nitrogen and oxygen atoms in total. The van der Waals surface area contributed by atoms with Crippen molar-refractivity contribution < 1.29 is 9.53 Å². The van der Waals surface area contributed by atoms with Gasteiger partial charge in [0.1, 0.15) is 0 Å². The highest BCUT2D eigenvalue weighted by Crippen LogP contribution is 2.39. The molecule has 2 saturated heterocycles. The van der Waals surface area contributed by atoms with Crippen LogP contribution in [0, 0.1) is 12.3 Å². The Kier molecular flexibility index (Phi) is 5.95. The lowest BCUT2D eigenvalue weighted by atomic mass is 9.73. The molecule has 5 heteroatoms. The maximum absolute atomic E-state index is 12.8. The number of carbonyl (C=O) groups is 1. The average Bonchev–Trinajstić information content (AvgIpc) is 3.01. The molecule has 1 aromatic heterocycles. The summed E-state index contributed by atoms with van der Waals surface area (Å²) < 4.78 is 5.19. The highest BCUT2D eigenvalue weighted by Gasteiger charge is 2.40. The van der Waals surface area contributed by atoms with Crippen molar-refractivity contribution in [2.24, 2.45) is 5.41 Å². The van der Waals surface area contributed by atoms with Crippen LogP contribution in [0.15, 0.2) is 11.4 Å². The summed E-state index contributed by atoms with van der Waals surface area (Å²) in [4.78, 5) is 18.4. The molecule has 1 amide bonds. The Morgan fingerprint density at radius 1 is 1.29 bits per heavy atom. The number of methoxy groups -OCH3 is 1. The van der Waals surface area contributed by atoms with Crippen molar-refractivity contribution in [1.82, 2.24) is 9.80 Å². The zero-order valence-corrected chi connectivity index (χ0v) is 15.9. The Bertz CT molecular complexity index is 555. The van der Waals surface area contributed by atoms with Crippen molar-refractivity contribution in [3.05, 3.63) is 21.9 Å². The Hall–Kier alpha value is -0.910. The number of hydrogen-bond acceptors (Lipinski definition) is 4. The standard InChI is InChI=1S/C19H30N2O2S/c1-16-12-17(24-13-16)18(22)21-10-4-7-19(15-21)6-3-8-20(14-19)9-5-11-23-2/h12-13H,3-11,14-15H2,1-2H3. The molecule has 134 valence electrons. The zero-order chi connectivity index (χ0) is 17.0. The molecule has 0 radical (unpaired) electrons. The van der Waals surface area contributed by atoms with Gasteiger partial charge in [-0.3, -0.25) is 4.79 Å².